The van der Waals surface area contributed by atoms with E-state index in [0.717, 1.165) is 0 Å². The molecule has 1 unspecified atom stereocenters. The van der Waals surface area contributed by atoms with E-state index in [0.29, 0.717) is 16.3 Å². The molecule has 9 heteroatoms. The number of halogens is 2. The Balaban J connectivity index is 0.00000220. The monoisotopic (exact) mass is 371 g/mol. The van der Waals surface area contributed by atoms with E-state index < -0.39 is 15.5 Å². The molecule has 0 spiro atoms. The van der Waals surface area contributed by atoms with E-state index in [-0.39, 0.29) is 40.1 Å². The van der Waals surface area contributed by atoms with Crippen LogP contribution in [0.1, 0.15) is 10.9 Å². The van der Waals surface area contributed by atoms with Gasteiger partial charge in [-0.05, 0) is 23.8 Å². The van der Waals surface area contributed by atoms with Crippen LogP contribution in [0.25, 0.3) is 0 Å². The van der Waals surface area contributed by atoms with E-state index in [1.165, 1.54) is 12.1 Å². The Kier molecular flexibility index (Phi) is 8.97. The molecule has 114 valence electrons. The molecule has 0 bridgehead atoms. The number of nitrogens with one attached hydrogen (secondary N) is 1. The van der Waals surface area contributed by atoms with E-state index in [1.807, 2.05) is 0 Å². The third kappa shape index (κ3) is 5.72. The summed E-state index contributed by atoms with van der Waals surface area (Å²) in [6.45, 7) is 0. The summed E-state index contributed by atoms with van der Waals surface area (Å²) in [5, 5.41) is 1.89. The zero-order chi connectivity index (χ0) is 14.8. The molecule has 22 heavy (non-hydrogen) atoms. The first kappa shape index (κ1) is 21.7. The van der Waals surface area contributed by atoms with Crippen molar-refractivity contribution in [2.45, 2.75) is 5.37 Å². The van der Waals surface area contributed by atoms with Crippen LogP contribution in [0, 0.1) is 0 Å². The van der Waals surface area contributed by atoms with Crippen molar-refractivity contribution in [2.24, 2.45) is 0 Å². The van der Waals surface area contributed by atoms with Gasteiger partial charge in [0.15, 0.2) is 0 Å². The smallest absolute Gasteiger partial charge is 0.746 e. The minimum absolute atomic E-state index is 0. The quantitative estimate of drug-likeness (QED) is 0.595. The molecule has 2 rings (SSSR count). The number of rotatable bonds is 4. The summed E-state index contributed by atoms with van der Waals surface area (Å²) in [5.41, 5.74) is 0.751. The van der Waals surface area contributed by atoms with Crippen molar-refractivity contribution in [1.29, 1.82) is 0 Å². The van der Waals surface area contributed by atoms with Crippen LogP contribution in [-0.2, 0) is 10.1 Å². The Morgan fingerprint density at radius 1 is 1.00 bits per heavy atom. The van der Waals surface area contributed by atoms with Crippen LogP contribution in [0.5, 0.6) is 0 Å². The zero-order valence-corrected chi connectivity index (χ0v) is 15.9. The number of hydrogen-bond acceptors (Lipinski definition) is 4. The van der Waals surface area contributed by atoms with Gasteiger partial charge in [-0.1, -0.05) is 53.5 Å². The van der Waals surface area contributed by atoms with Crippen molar-refractivity contribution in [2.75, 3.05) is 5.32 Å². The third-order valence-corrected chi connectivity index (χ3v) is 4.31. The number of anilines is 1. The molecule has 1 atom stereocenters. The minimum atomic E-state index is -4.58. The maximum Gasteiger partial charge on any atom is 1.00 e. The molecule has 0 saturated carbocycles. The molecule has 0 aliphatic rings. The summed E-state index contributed by atoms with van der Waals surface area (Å²) in [4.78, 5) is 0. The molecule has 2 aromatic carbocycles. The normalized spacial score (nSPS) is 11.8. The summed E-state index contributed by atoms with van der Waals surface area (Å²) in [5.74, 6) is 0. The van der Waals surface area contributed by atoms with Gasteiger partial charge >= 0.3 is 29.6 Å². The van der Waals surface area contributed by atoms with Gasteiger partial charge in [-0.15, -0.1) is 0 Å². The van der Waals surface area contributed by atoms with Gasteiger partial charge in [0.25, 0.3) is 0 Å². The second kappa shape index (κ2) is 9.10. The standard InChI is InChI=1S/C13H11Cl2NO3S.Na.H2O/c14-11-7-6-10(8-12(11)15)16-13(20(17,18)19)9-4-2-1-3-5-9;;/h1-8,13,16H,(H,17,18,19);;1H2/q;+1;/p-1. The van der Waals surface area contributed by atoms with Crippen LogP contribution < -0.4 is 34.9 Å². The zero-order valence-electron chi connectivity index (χ0n) is 11.6. The second-order valence-corrected chi connectivity index (χ2v) is 6.33. The fraction of sp³-hybridized carbons (Fsp3) is 0.0769. The fourth-order valence-electron chi connectivity index (χ4n) is 1.69. The minimum Gasteiger partial charge on any atom is -0.746 e. The summed E-state index contributed by atoms with van der Waals surface area (Å²) in [7, 11) is -4.58. The third-order valence-electron chi connectivity index (χ3n) is 2.61. The Bertz CT molecular complexity index is 713. The van der Waals surface area contributed by atoms with Gasteiger partial charge in [0, 0.05) is 5.69 Å². The van der Waals surface area contributed by atoms with E-state index in [1.54, 1.807) is 36.4 Å². The maximum atomic E-state index is 11.4. The Morgan fingerprint density at radius 3 is 2.09 bits per heavy atom. The van der Waals surface area contributed by atoms with Crippen molar-refractivity contribution in [3.63, 3.8) is 0 Å². The first-order valence-corrected chi connectivity index (χ1v) is 7.82. The largest absolute Gasteiger partial charge is 1.00 e. The number of hydrogen-bond donors (Lipinski definition) is 1. The summed E-state index contributed by atoms with van der Waals surface area (Å²) >= 11 is 11.6. The van der Waals surface area contributed by atoms with Gasteiger partial charge in [-0.25, -0.2) is 8.42 Å². The SMILES string of the molecule is O.O=S(=O)([O-])C(Nc1ccc(Cl)c(Cl)c1)c1ccccc1.[Na+]. The van der Waals surface area contributed by atoms with Crippen LogP contribution in [-0.4, -0.2) is 18.4 Å². The molecule has 3 N–H and O–H groups in total. The maximum absolute atomic E-state index is 11.4. The van der Waals surface area contributed by atoms with Crippen LogP contribution in [0.15, 0.2) is 48.5 Å². The predicted molar refractivity (Wildman–Crippen MR) is 82.6 cm³/mol. The second-order valence-electron chi connectivity index (χ2n) is 4.06. The summed E-state index contributed by atoms with van der Waals surface area (Å²) in [6, 6.07) is 12.7. The molecular formula is C13H12Cl2NNaO4S. The average molecular weight is 372 g/mol. The average Bonchev–Trinajstić information content (AvgIpc) is 2.39. The van der Waals surface area contributed by atoms with Gasteiger partial charge < -0.3 is 15.3 Å². The first-order valence-electron chi connectivity index (χ1n) is 5.59. The van der Waals surface area contributed by atoms with E-state index >= 15 is 0 Å². The van der Waals surface area contributed by atoms with Gasteiger partial charge in [-0.3, -0.25) is 0 Å². The number of benzene rings is 2. The molecule has 0 saturated heterocycles. The van der Waals surface area contributed by atoms with E-state index in [2.05, 4.69) is 5.32 Å². The van der Waals surface area contributed by atoms with Crippen molar-refractivity contribution in [1.82, 2.24) is 0 Å². The van der Waals surface area contributed by atoms with Gasteiger partial charge in [0.1, 0.15) is 15.5 Å². The Labute approximate surface area is 161 Å². The van der Waals surface area contributed by atoms with Gasteiger partial charge in [-0.2, -0.15) is 0 Å². The Morgan fingerprint density at radius 2 is 1.59 bits per heavy atom. The van der Waals surface area contributed by atoms with Crippen LogP contribution in [0.3, 0.4) is 0 Å². The molecule has 0 heterocycles. The van der Waals surface area contributed by atoms with Crippen molar-refractivity contribution in [3.05, 3.63) is 64.1 Å². The van der Waals surface area contributed by atoms with Gasteiger partial charge in [0.2, 0.25) is 0 Å². The fourth-order valence-corrected chi connectivity index (χ4v) is 2.76. The first-order chi connectivity index (χ1) is 9.38. The molecule has 2 aromatic rings. The molecular weight excluding hydrogens is 360 g/mol. The topological polar surface area (TPSA) is 101 Å². The van der Waals surface area contributed by atoms with Crippen molar-refractivity contribution in [3.8, 4) is 0 Å². The molecule has 0 aromatic heterocycles. The van der Waals surface area contributed by atoms with Crippen LogP contribution >= 0.6 is 23.2 Å². The Hall–Kier alpha value is -0.310. The molecule has 0 amide bonds. The molecule has 0 fully saturated rings. The van der Waals surface area contributed by atoms with Crippen molar-refractivity contribution >= 4 is 39.0 Å². The predicted octanol–water partition coefficient (Wildman–Crippen LogP) is -0.171. The molecule has 5 nitrogen and oxygen atoms in total. The molecule has 0 aliphatic carbocycles. The van der Waals surface area contributed by atoms with Gasteiger partial charge in [0.05, 0.1) is 10.0 Å². The molecule has 0 radical (unpaired) electrons. The summed E-state index contributed by atoms with van der Waals surface area (Å²) < 4.78 is 34.2. The van der Waals surface area contributed by atoms with Crippen LogP contribution in [0.4, 0.5) is 5.69 Å². The van der Waals surface area contributed by atoms with E-state index in [4.69, 9.17) is 23.2 Å². The summed E-state index contributed by atoms with van der Waals surface area (Å²) in [6.07, 6.45) is 0. The van der Waals surface area contributed by atoms with E-state index in [9.17, 15) is 13.0 Å². The van der Waals surface area contributed by atoms with Crippen LogP contribution in [0.2, 0.25) is 10.0 Å². The molecule has 0 aliphatic heterocycles. The van der Waals surface area contributed by atoms with Crippen molar-refractivity contribution < 1.29 is 48.0 Å².